The molecule has 16 heavy (non-hydrogen) atoms. The van der Waals surface area contributed by atoms with Crippen LogP contribution in [0.1, 0.15) is 5.56 Å². The smallest absolute Gasteiger partial charge is 0.328 e. The summed E-state index contributed by atoms with van der Waals surface area (Å²) in [5.74, 6) is 0. The molecule has 0 unspecified atom stereocenters. The zero-order chi connectivity index (χ0) is 11.9. The van der Waals surface area contributed by atoms with E-state index in [0.29, 0.717) is 11.6 Å². The number of aromatic nitrogens is 2. The number of halogens is 1. The Morgan fingerprint density at radius 3 is 2.38 bits per heavy atom. The van der Waals surface area contributed by atoms with Crippen molar-refractivity contribution in [3.8, 4) is 0 Å². The molecule has 86 valence electrons. The minimum absolute atomic E-state index is 0.0454. The van der Waals surface area contributed by atoms with Crippen molar-refractivity contribution in [1.82, 2.24) is 9.13 Å². The Hall–Kier alpha value is -1.26. The SMILES string of the molecule is Cn1c(=O)n(C)c2cc(CCN)c(Cl)cc21. The average Bonchev–Trinajstić information content (AvgIpc) is 2.46. The molecule has 1 heterocycles. The van der Waals surface area contributed by atoms with Gasteiger partial charge < -0.3 is 5.73 Å². The highest BCUT2D eigenvalue weighted by Gasteiger charge is 2.10. The van der Waals surface area contributed by atoms with Gasteiger partial charge in [0.15, 0.2) is 0 Å². The molecule has 0 saturated heterocycles. The van der Waals surface area contributed by atoms with Gasteiger partial charge in [-0.2, -0.15) is 0 Å². The first kappa shape index (κ1) is 11.2. The van der Waals surface area contributed by atoms with Crippen LogP contribution in [0.4, 0.5) is 0 Å². The van der Waals surface area contributed by atoms with Crippen molar-refractivity contribution in [3.05, 3.63) is 33.2 Å². The van der Waals surface area contributed by atoms with Gasteiger partial charge in [0.1, 0.15) is 0 Å². The Kier molecular flexibility index (Phi) is 2.78. The fraction of sp³-hybridized carbons (Fsp3) is 0.364. The second-order valence-corrected chi connectivity index (χ2v) is 4.28. The van der Waals surface area contributed by atoms with E-state index in [0.717, 1.165) is 23.0 Å². The van der Waals surface area contributed by atoms with Gasteiger partial charge >= 0.3 is 5.69 Å². The Morgan fingerprint density at radius 2 is 1.81 bits per heavy atom. The molecule has 4 nitrogen and oxygen atoms in total. The first-order valence-electron chi connectivity index (χ1n) is 5.10. The van der Waals surface area contributed by atoms with Crippen LogP contribution in [0.2, 0.25) is 5.02 Å². The molecule has 2 N–H and O–H groups in total. The fourth-order valence-electron chi connectivity index (χ4n) is 1.91. The number of rotatable bonds is 2. The zero-order valence-corrected chi connectivity index (χ0v) is 10.1. The molecule has 0 spiro atoms. The number of imidazole rings is 1. The second kappa shape index (κ2) is 3.96. The van der Waals surface area contributed by atoms with E-state index in [1.54, 1.807) is 23.2 Å². The van der Waals surface area contributed by atoms with Crippen molar-refractivity contribution in [2.24, 2.45) is 19.8 Å². The Labute approximate surface area is 98.2 Å². The Morgan fingerprint density at radius 1 is 1.25 bits per heavy atom. The maximum atomic E-state index is 11.7. The maximum Gasteiger partial charge on any atom is 0.328 e. The van der Waals surface area contributed by atoms with Crippen LogP contribution in [0, 0.1) is 0 Å². The van der Waals surface area contributed by atoms with Gasteiger partial charge in [0.2, 0.25) is 0 Å². The highest BCUT2D eigenvalue weighted by Crippen LogP contribution is 2.23. The molecule has 0 radical (unpaired) electrons. The molecule has 2 aromatic rings. The van der Waals surface area contributed by atoms with E-state index < -0.39 is 0 Å². The molecule has 1 aromatic heterocycles. The summed E-state index contributed by atoms with van der Waals surface area (Å²) in [7, 11) is 3.49. The summed E-state index contributed by atoms with van der Waals surface area (Å²) in [6.07, 6.45) is 0.720. The molecule has 0 bridgehead atoms. The largest absolute Gasteiger partial charge is 0.330 e. The van der Waals surface area contributed by atoms with E-state index in [-0.39, 0.29) is 5.69 Å². The fourth-order valence-corrected chi connectivity index (χ4v) is 2.16. The van der Waals surface area contributed by atoms with Gasteiger partial charge in [-0.15, -0.1) is 0 Å². The van der Waals surface area contributed by atoms with E-state index in [1.807, 2.05) is 12.1 Å². The van der Waals surface area contributed by atoms with Crippen molar-refractivity contribution in [2.45, 2.75) is 6.42 Å². The summed E-state index contributed by atoms with van der Waals surface area (Å²) < 4.78 is 3.21. The number of hydrogen-bond acceptors (Lipinski definition) is 2. The van der Waals surface area contributed by atoms with Crippen LogP contribution in [0.3, 0.4) is 0 Å². The first-order chi connectivity index (χ1) is 7.56. The lowest BCUT2D eigenvalue weighted by Crippen LogP contribution is -2.19. The summed E-state index contributed by atoms with van der Waals surface area (Å²) in [6.45, 7) is 0.548. The normalized spacial score (nSPS) is 11.2. The highest BCUT2D eigenvalue weighted by molar-refractivity contribution is 6.32. The molecule has 2 rings (SSSR count). The van der Waals surface area contributed by atoms with Crippen LogP contribution in [-0.4, -0.2) is 15.7 Å². The van der Waals surface area contributed by atoms with E-state index in [9.17, 15) is 4.79 Å². The van der Waals surface area contributed by atoms with Crippen LogP contribution < -0.4 is 11.4 Å². The average molecular weight is 240 g/mol. The highest BCUT2D eigenvalue weighted by atomic mass is 35.5. The molecule has 0 aliphatic rings. The molecule has 0 fully saturated rings. The molecule has 0 amide bonds. The number of fused-ring (bicyclic) bond motifs is 1. The van der Waals surface area contributed by atoms with Crippen molar-refractivity contribution in [1.29, 1.82) is 0 Å². The first-order valence-corrected chi connectivity index (χ1v) is 5.48. The predicted octanol–water partition coefficient (Wildman–Crippen LogP) is 1.03. The van der Waals surface area contributed by atoms with Crippen molar-refractivity contribution < 1.29 is 0 Å². The number of hydrogen-bond donors (Lipinski definition) is 1. The van der Waals surface area contributed by atoms with E-state index in [2.05, 4.69) is 0 Å². The van der Waals surface area contributed by atoms with Crippen LogP contribution in [0.25, 0.3) is 11.0 Å². The van der Waals surface area contributed by atoms with Gasteiger partial charge in [-0.1, -0.05) is 11.6 Å². The third-order valence-electron chi connectivity index (χ3n) is 2.85. The summed E-state index contributed by atoms with van der Waals surface area (Å²) in [4.78, 5) is 11.7. The van der Waals surface area contributed by atoms with Gasteiger partial charge in [-0.05, 0) is 30.7 Å². The van der Waals surface area contributed by atoms with E-state index in [4.69, 9.17) is 17.3 Å². The lowest BCUT2D eigenvalue weighted by Gasteiger charge is -2.04. The third kappa shape index (κ3) is 1.54. The summed E-state index contributed by atoms with van der Waals surface area (Å²) in [6, 6.07) is 3.76. The zero-order valence-electron chi connectivity index (χ0n) is 9.33. The van der Waals surface area contributed by atoms with Gasteiger partial charge in [0.05, 0.1) is 11.0 Å². The van der Waals surface area contributed by atoms with Crippen LogP contribution in [0.5, 0.6) is 0 Å². The molecule has 0 aliphatic heterocycles. The molecular weight excluding hydrogens is 226 g/mol. The summed E-state index contributed by atoms with van der Waals surface area (Å²) in [5, 5.41) is 0.666. The quantitative estimate of drug-likeness (QED) is 0.851. The number of aryl methyl sites for hydroxylation is 2. The van der Waals surface area contributed by atoms with Crippen LogP contribution >= 0.6 is 11.6 Å². The Balaban J connectivity index is 2.79. The molecule has 1 aromatic carbocycles. The topological polar surface area (TPSA) is 53.0 Å². The number of benzene rings is 1. The van der Waals surface area contributed by atoms with Crippen LogP contribution in [0.15, 0.2) is 16.9 Å². The number of nitrogens with zero attached hydrogens (tertiary/aromatic N) is 2. The lowest BCUT2D eigenvalue weighted by molar-refractivity contribution is 0.795. The molecule has 0 aliphatic carbocycles. The Bertz CT molecular complexity index is 597. The lowest BCUT2D eigenvalue weighted by atomic mass is 10.1. The number of nitrogens with two attached hydrogens (primary N) is 1. The third-order valence-corrected chi connectivity index (χ3v) is 3.21. The second-order valence-electron chi connectivity index (χ2n) is 3.87. The van der Waals surface area contributed by atoms with Crippen molar-refractivity contribution in [3.63, 3.8) is 0 Å². The van der Waals surface area contributed by atoms with Gasteiger partial charge in [0.25, 0.3) is 0 Å². The summed E-state index contributed by atoms with van der Waals surface area (Å²) >= 11 is 6.14. The van der Waals surface area contributed by atoms with Crippen molar-refractivity contribution in [2.75, 3.05) is 6.54 Å². The molecule has 0 saturated carbocycles. The molecule has 5 heteroatoms. The van der Waals surface area contributed by atoms with E-state index >= 15 is 0 Å². The van der Waals surface area contributed by atoms with Crippen LogP contribution in [-0.2, 0) is 20.5 Å². The monoisotopic (exact) mass is 239 g/mol. The molecule has 0 atom stereocenters. The standard InChI is InChI=1S/C11H14ClN3O/c1-14-9-5-7(3-4-13)8(12)6-10(9)15(2)11(14)16/h5-6H,3-4,13H2,1-2H3. The van der Waals surface area contributed by atoms with Gasteiger partial charge in [-0.25, -0.2) is 4.79 Å². The minimum atomic E-state index is -0.0454. The predicted molar refractivity (Wildman–Crippen MR) is 65.9 cm³/mol. The van der Waals surface area contributed by atoms with E-state index in [1.165, 1.54) is 0 Å². The minimum Gasteiger partial charge on any atom is -0.330 e. The van der Waals surface area contributed by atoms with Gasteiger partial charge in [-0.3, -0.25) is 9.13 Å². The maximum absolute atomic E-state index is 11.7. The van der Waals surface area contributed by atoms with Gasteiger partial charge in [0, 0.05) is 19.1 Å². The summed E-state index contributed by atoms with van der Waals surface area (Å²) in [5.41, 5.74) is 8.19. The molecular formula is C11H14ClN3O. The van der Waals surface area contributed by atoms with Crippen molar-refractivity contribution >= 4 is 22.6 Å².